The van der Waals surface area contributed by atoms with Crippen molar-refractivity contribution in [3.05, 3.63) is 30.5 Å². The van der Waals surface area contributed by atoms with E-state index in [-0.39, 0.29) is 6.54 Å². The van der Waals surface area contributed by atoms with Crippen molar-refractivity contribution in [2.24, 2.45) is 7.05 Å². The molecule has 0 saturated heterocycles. The summed E-state index contributed by atoms with van der Waals surface area (Å²) >= 11 is 0. The molecule has 1 aromatic heterocycles. The van der Waals surface area contributed by atoms with Gasteiger partial charge >= 0.3 is 6.09 Å². The first-order chi connectivity index (χ1) is 10.3. The predicted octanol–water partition coefficient (Wildman–Crippen LogP) is 1.35. The zero-order valence-electron chi connectivity index (χ0n) is 13.5. The highest BCUT2D eigenvalue weighted by Gasteiger charge is 2.19. The van der Waals surface area contributed by atoms with Crippen molar-refractivity contribution in [3.8, 4) is 0 Å². The van der Waals surface area contributed by atoms with Gasteiger partial charge in [0.05, 0.1) is 17.7 Å². The fraction of sp³-hybridized carbons (Fsp3) is 0.500. The van der Waals surface area contributed by atoms with Crippen LogP contribution in [0.3, 0.4) is 0 Å². The second-order valence-corrected chi connectivity index (χ2v) is 6.37. The average Bonchev–Trinajstić information content (AvgIpc) is 2.72. The number of hydrogen-bond acceptors (Lipinski definition) is 3. The maximum atomic E-state index is 11.6. The number of fused-ring (bicyclic) bond motifs is 1. The van der Waals surface area contributed by atoms with Crippen LogP contribution in [0.1, 0.15) is 20.8 Å². The second kappa shape index (κ2) is 6.36. The van der Waals surface area contributed by atoms with Crippen LogP contribution in [0.25, 0.3) is 10.9 Å². The van der Waals surface area contributed by atoms with Gasteiger partial charge in [-0.15, -0.1) is 4.68 Å². The fourth-order valence-electron chi connectivity index (χ4n) is 2.25. The predicted molar refractivity (Wildman–Crippen MR) is 83.4 cm³/mol. The average molecular weight is 306 g/mol. The fourth-order valence-corrected chi connectivity index (χ4v) is 2.25. The Kier molecular flexibility index (Phi) is 4.71. The van der Waals surface area contributed by atoms with Crippen LogP contribution in [0.15, 0.2) is 30.5 Å². The molecule has 0 fully saturated rings. The molecule has 6 heteroatoms. The van der Waals surface area contributed by atoms with E-state index in [0.29, 0.717) is 6.54 Å². The monoisotopic (exact) mass is 306 g/mol. The third kappa shape index (κ3) is 4.21. The van der Waals surface area contributed by atoms with Gasteiger partial charge in [-0.1, -0.05) is 12.1 Å². The number of nitrogens with zero attached hydrogens (tertiary/aromatic N) is 2. The van der Waals surface area contributed by atoms with Crippen molar-refractivity contribution in [3.63, 3.8) is 0 Å². The molecule has 1 aromatic carbocycles. The van der Waals surface area contributed by atoms with Crippen LogP contribution < -0.4 is 10.00 Å². The number of benzene rings is 1. The van der Waals surface area contributed by atoms with Crippen molar-refractivity contribution in [2.45, 2.75) is 39.0 Å². The molecule has 0 saturated carbocycles. The molecule has 120 valence electrons. The zero-order chi connectivity index (χ0) is 16.3. The van der Waals surface area contributed by atoms with E-state index in [1.165, 1.54) is 0 Å². The van der Waals surface area contributed by atoms with Gasteiger partial charge in [0.2, 0.25) is 5.52 Å². The molecule has 0 unspecified atom stereocenters. The number of nitrogens with one attached hydrogen (secondary N) is 1. The van der Waals surface area contributed by atoms with Crippen LogP contribution in [0.2, 0.25) is 0 Å². The normalized spacial score (nSPS) is 13.1. The molecule has 1 amide bonds. The second-order valence-electron chi connectivity index (χ2n) is 6.37. The van der Waals surface area contributed by atoms with Crippen LogP contribution in [0, 0.1) is 0 Å². The molecule has 1 atom stereocenters. The number of aryl methyl sites for hydroxylation is 1. The number of carbonyl (C=O) groups excluding carboxylic acids is 1. The lowest BCUT2D eigenvalue weighted by Crippen LogP contribution is -2.44. The number of amides is 1. The van der Waals surface area contributed by atoms with Crippen molar-refractivity contribution >= 4 is 17.0 Å². The summed E-state index contributed by atoms with van der Waals surface area (Å²) in [4.78, 5) is 11.6. The summed E-state index contributed by atoms with van der Waals surface area (Å²) in [6, 6.07) is 8.01. The number of aliphatic hydroxyl groups is 1. The van der Waals surface area contributed by atoms with Gasteiger partial charge < -0.3 is 15.2 Å². The van der Waals surface area contributed by atoms with Gasteiger partial charge in [0.1, 0.15) is 12.1 Å². The first-order valence-corrected chi connectivity index (χ1v) is 7.35. The van der Waals surface area contributed by atoms with Gasteiger partial charge in [-0.25, -0.2) is 4.79 Å². The highest BCUT2D eigenvalue weighted by Crippen LogP contribution is 2.09. The first-order valence-electron chi connectivity index (χ1n) is 7.35. The van der Waals surface area contributed by atoms with E-state index in [1.807, 2.05) is 46.9 Å². The molecule has 22 heavy (non-hydrogen) atoms. The molecule has 0 aliphatic carbocycles. The quantitative estimate of drug-likeness (QED) is 0.838. The molecule has 0 aliphatic rings. The minimum absolute atomic E-state index is 0.142. The van der Waals surface area contributed by atoms with Gasteiger partial charge in [0.15, 0.2) is 7.05 Å². The molecular weight excluding hydrogens is 282 g/mol. The van der Waals surface area contributed by atoms with E-state index >= 15 is 0 Å². The number of para-hydroxylation sites is 1. The maximum Gasteiger partial charge on any atom is 0.407 e. The summed E-state index contributed by atoms with van der Waals surface area (Å²) < 4.78 is 9.04. The van der Waals surface area contributed by atoms with Gasteiger partial charge in [-0.3, -0.25) is 0 Å². The number of hydrogen-bond donors (Lipinski definition) is 2. The SMILES string of the molecule is C[n+]1c2ccccc2cn1C[C@H](O)CNC(=O)OC(C)(C)C. The maximum absolute atomic E-state index is 11.6. The van der Waals surface area contributed by atoms with E-state index in [0.717, 1.165) is 10.9 Å². The summed E-state index contributed by atoms with van der Waals surface area (Å²) in [7, 11) is 1.94. The van der Waals surface area contributed by atoms with Gasteiger partial charge in [0.25, 0.3) is 0 Å². The number of rotatable bonds is 4. The molecule has 1 heterocycles. The Balaban J connectivity index is 1.92. The summed E-state index contributed by atoms with van der Waals surface area (Å²) in [6.45, 7) is 5.93. The molecule has 0 radical (unpaired) electrons. The summed E-state index contributed by atoms with van der Waals surface area (Å²) in [5, 5.41) is 13.8. The summed E-state index contributed by atoms with van der Waals surface area (Å²) in [5.41, 5.74) is 0.550. The lowest BCUT2D eigenvalue weighted by atomic mass is 10.2. The smallest absolute Gasteiger partial charge is 0.407 e. The molecule has 6 nitrogen and oxygen atoms in total. The van der Waals surface area contributed by atoms with E-state index in [2.05, 4.69) is 5.32 Å². The van der Waals surface area contributed by atoms with E-state index in [9.17, 15) is 9.90 Å². The van der Waals surface area contributed by atoms with Crippen molar-refractivity contribution in [2.75, 3.05) is 6.54 Å². The van der Waals surface area contributed by atoms with E-state index < -0.39 is 17.8 Å². The van der Waals surface area contributed by atoms with E-state index in [4.69, 9.17) is 4.74 Å². The van der Waals surface area contributed by atoms with Crippen LogP contribution in [0.4, 0.5) is 4.79 Å². The topological polar surface area (TPSA) is 67.4 Å². The molecule has 2 N–H and O–H groups in total. The van der Waals surface area contributed by atoms with Gasteiger partial charge in [-0.2, -0.15) is 4.68 Å². The van der Waals surface area contributed by atoms with Crippen LogP contribution in [-0.2, 0) is 18.3 Å². The summed E-state index contributed by atoms with van der Waals surface area (Å²) in [5.74, 6) is 0. The highest BCUT2D eigenvalue weighted by atomic mass is 16.6. The summed E-state index contributed by atoms with van der Waals surface area (Å²) in [6.07, 6.45) is 0.764. The Morgan fingerprint density at radius 3 is 2.73 bits per heavy atom. The number of alkyl carbamates (subject to hydrolysis) is 1. The highest BCUT2D eigenvalue weighted by molar-refractivity contribution is 5.74. The molecule has 0 aliphatic heterocycles. The van der Waals surface area contributed by atoms with Gasteiger partial charge in [0, 0.05) is 12.6 Å². The number of aromatic nitrogens is 2. The van der Waals surface area contributed by atoms with Gasteiger partial charge in [-0.05, 0) is 26.8 Å². The third-order valence-corrected chi connectivity index (χ3v) is 3.24. The Morgan fingerprint density at radius 2 is 2.09 bits per heavy atom. The Morgan fingerprint density at radius 1 is 1.41 bits per heavy atom. The van der Waals surface area contributed by atoms with Crippen LogP contribution in [0.5, 0.6) is 0 Å². The van der Waals surface area contributed by atoms with Crippen LogP contribution >= 0.6 is 0 Å². The third-order valence-electron chi connectivity index (χ3n) is 3.24. The lowest BCUT2D eigenvalue weighted by molar-refractivity contribution is -0.731. The minimum Gasteiger partial charge on any atom is -0.444 e. The standard InChI is InChI=1S/C16H23N3O3/c1-16(2,3)22-15(21)17-9-13(20)11-19-10-12-7-5-6-8-14(12)18(19)4/h5-8,10,13,20H,9,11H2,1-4H3/p+1/t13-/m1/s1. The number of aliphatic hydroxyl groups excluding tert-OH is 1. The zero-order valence-corrected chi connectivity index (χ0v) is 13.5. The Bertz CT molecular complexity index is 658. The number of ether oxygens (including phenoxy) is 1. The first kappa shape index (κ1) is 16.3. The van der Waals surface area contributed by atoms with E-state index in [1.54, 1.807) is 20.8 Å². The molecular formula is C16H24N3O3+. The lowest BCUT2D eigenvalue weighted by Gasteiger charge is -2.20. The minimum atomic E-state index is -0.694. The van der Waals surface area contributed by atoms with Crippen LogP contribution in [-0.4, -0.2) is 34.1 Å². The number of carbonyl (C=O) groups is 1. The van der Waals surface area contributed by atoms with Crippen molar-refractivity contribution in [1.82, 2.24) is 10.00 Å². The Hall–Kier alpha value is -2.08. The molecule has 2 aromatic rings. The Labute approximate surface area is 130 Å². The van der Waals surface area contributed by atoms with Crippen molar-refractivity contribution in [1.29, 1.82) is 0 Å². The molecule has 0 bridgehead atoms. The van der Waals surface area contributed by atoms with Crippen molar-refractivity contribution < 1.29 is 19.3 Å². The largest absolute Gasteiger partial charge is 0.444 e. The molecule has 2 rings (SSSR count). The molecule has 0 spiro atoms.